The molecule has 5 heteroatoms. The summed E-state index contributed by atoms with van der Waals surface area (Å²) in [6.45, 7) is 4.21. The van der Waals surface area contributed by atoms with Crippen molar-refractivity contribution in [2.24, 2.45) is 13.0 Å². The fourth-order valence-corrected chi connectivity index (χ4v) is 1.86. The molecule has 2 N–H and O–H groups in total. The first-order valence-corrected chi connectivity index (χ1v) is 5.93. The lowest BCUT2D eigenvalue weighted by Gasteiger charge is -2.04. The van der Waals surface area contributed by atoms with Crippen LogP contribution in [-0.4, -0.2) is 14.8 Å². The van der Waals surface area contributed by atoms with Crippen molar-refractivity contribution in [3.05, 3.63) is 29.8 Å². The number of hydrogen-bond acceptors (Lipinski definition) is 3. The summed E-state index contributed by atoms with van der Waals surface area (Å²) >= 11 is 0. The molecule has 0 unspecified atom stereocenters. The molecule has 96 valence electrons. The van der Waals surface area contributed by atoms with Gasteiger partial charge in [0.1, 0.15) is 5.82 Å². The minimum Gasteiger partial charge on any atom is -0.396 e. The van der Waals surface area contributed by atoms with Crippen LogP contribution in [0.1, 0.15) is 19.7 Å². The average molecular weight is 248 g/mol. The molecule has 1 aromatic carbocycles. The van der Waals surface area contributed by atoms with E-state index in [0.29, 0.717) is 17.3 Å². The lowest BCUT2D eigenvalue weighted by atomic mass is 10.1. The summed E-state index contributed by atoms with van der Waals surface area (Å²) in [7, 11) is 1.79. The second-order valence-electron chi connectivity index (χ2n) is 4.77. The minimum atomic E-state index is -0.430. The van der Waals surface area contributed by atoms with Crippen LogP contribution in [0.2, 0.25) is 0 Å². The Bertz CT molecular complexity index is 560. The highest BCUT2D eigenvalue weighted by molar-refractivity contribution is 5.71. The van der Waals surface area contributed by atoms with E-state index in [9.17, 15) is 4.39 Å². The molecular formula is C13H17FN4. The predicted molar refractivity (Wildman–Crippen MR) is 69.4 cm³/mol. The minimum absolute atomic E-state index is 0.115. The zero-order chi connectivity index (χ0) is 13.3. The van der Waals surface area contributed by atoms with Crippen LogP contribution >= 0.6 is 0 Å². The number of hydrogen-bond donors (Lipinski definition) is 1. The smallest absolute Gasteiger partial charge is 0.160 e. The number of rotatable bonds is 3. The van der Waals surface area contributed by atoms with Gasteiger partial charge in [0.05, 0.1) is 5.69 Å². The van der Waals surface area contributed by atoms with E-state index in [-0.39, 0.29) is 5.69 Å². The molecule has 1 heterocycles. The van der Waals surface area contributed by atoms with Gasteiger partial charge in [-0.15, -0.1) is 0 Å². The van der Waals surface area contributed by atoms with E-state index in [2.05, 4.69) is 23.9 Å². The molecule has 0 amide bonds. The average Bonchev–Trinajstić information content (AvgIpc) is 2.62. The van der Waals surface area contributed by atoms with Crippen molar-refractivity contribution in [2.45, 2.75) is 20.3 Å². The third-order valence-electron chi connectivity index (χ3n) is 2.69. The number of benzene rings is 1. The predicted octanol–water partition coefficient (Wildman–Crippen LogP) is 2.40. The second-order valence-corrected chi connectivity index (χ2v) is 4.77. The third kappa shape index (κ3) is 2.34. The molecule has 1 aromatic heterocycles. The maximum absolute atomic E-state index is 13.4. The summed E-state index contributed by atoms with van der Waals surface area (Å²) in [6.07, 6.45) is 0.795. The largest absolute Gasteiger partial charge is 0.396 e. The highest BCUT2D eigenvalue weighted by Gasteiger charge is 2.14. The zero-order valence-electron chi connectivity index (χ0n) is 10.8. The van der Waals surface area contributed by atoms with Crippen molar-refractivity contribution in [1.29, 1.82) is 0 Å². The molecule has 0 atom stereocenters. The molecule has 0 aliphatic rings. The highest BCUT2D eigenvalue weighted by Crippen LogP contribution is 2.26. The Kier molecular flexibility index (Phi) is 3.32. The summed E-state index contributed by atoms with van der Waals surface area (Å²) in [5.41, 5.74) is 6.44. The first-order valence-electron chi connectivity index (χ1n) is 5.93. The van der Waals surface area contributed by atoms with E-state index in [1.807, 2.05) is 0 Å². The number of aryl methyl sites for hydroxylation is 1. The van der Waals surface area contributed by atoms with Gasteiger partial charge in [-0.3, -0.25) is 0 Å². The number of nitrogens with two attached hydrogens (primary N) is 1. The Hall–Kier alpha value is -1.91. The number of halogens is 1. The molecule has 0 bridgehead atoms. The van der Waals surface area contributed by atoms with Crippen LogP contribution in [0.4, 0.5) is 10.1 Å². The normalized spacial score (nSPS) is 11.2. The van der Waals surface area contributed by atoms with E-state index in [1.165, 1.54) is 6.07 Å². The molecule has 0 radical (unpaired) electrons. The van der Waals surface area contributed by atoms with Crippen LogP contribution < -0.4 is 5.73 Å². The molecule has 0 spiro atoms. The fraction of sp³-hybridized carbons (Fsp3) is 0.385. The van der Waals surface area contributed by atoms with Crippen molar-refractivity contribution in [3.63, 3.8) is 0 Å². The van der Waals surface area contributed by atoms with E-state index >= 15 is 0 Å². The Morgan fingerprint density at radius 2 is 2.11 bits per heavy atom. The van der Waals surface area contributed by atoms with Gasteiger partial charge in [0, 0.05) is 19.0 Å². The summed E-state index contributed by atoms with van der Waals surface area (Å²) in [4.78, 5) is 4.43. The van der Waals surface area contributed by atoms with Crippen LogP contribution in [-0.2, 0) is 13.5 Å². The molecule has 2 aromatic rings. The number of nitrogen functional groups attached to an aromatic ring is 1. The molecular weight excluding hydrogens is 231 g/mol. The fourth-order valence-electron chi connectivity index (χ4n) is 1.86. The standard InChI is InChI=1S/C13H17FN4/c1-8(2)7-11-16-13(18(3)17-11)9-5-4-6-10(14)12(9)15/h4-6,8H,7,15H2,1-3H3. The first-order chi connectivity index (χ1) is 8.49. The SMILES string of the molecule is CC(C)Cc1nc(-c2cccc(F)c2N)n(C)n1. The summed E-state index contributed by atoms with van der Waals surface area (Å²) in [6, 6.07) is 4.71. The maximum Gasteiger partial charge on any atom is 0.160 e. The van der Waals surface area contributed by atoms with Gasteiger partial charge in [0.25, 0.3) is 0 Å². The highest BCUT2D eigenvalue weighted by atomic mass is 19.1. The van der Waals surface area contributed by atoms with Gasteiger partial charge in [-0.2, -0.15) is 5.10 Å². The van der Waals surface area contributed by atoms with E-state index in [1.54, 1.807) is 23.9 Å². The lowest BCUT2D eigenvalue weighted by Crippen LogP contribution is -2.00. The number of anilines is 1. The van der Waals surface area contributed by atoms with Crippen LogP contribution in [0, 0.1) is 11.7 Å². The number of nitrogens with zero attached hydrogens (tertiary/aromatic N) is 3. The van der Waals surface area contributed by atoms with Gasteiger partial charge in [0.15, 0.2) is 11.6 Å². The van der Waals surface area contributed by atoms with Crippen molar-refractivity contribution >= 4 is 5.69 Å². The van der Waals surface area contributed by atoms with Gasteiger partial charge in [-0.25, -0.2) is 14.1 Å². The zero-order valence-corrected chi connectivity index (χ0v) is 10.8. The van der Waals surface area contributed by atoms with Crippen molar-refractivity contribution in [2.75, 3.05) is 5.73 Å². The lowest BCUT2D eigenvalue weighted by molar-refractivity contribution is 0.613. The van der Waals surface area contributed by atoms with Gasteiger partial charge < -0.3 is 5.73 Å². The number of aromatic nitrogens is 3. The van der Waals surface area contributed by atoms with Crippen LogP contribution in [0.15, 0.2) is 18.2 Å². The second kappa shape index (κ2) is 4.76. The Morgan fingerprint density at radius 1 is 1.39 bits per heavy atom. The molecule has 18 heavy (non-hydrogen) atoms. The van der Waals surface area contributed by atoms with E-state index < -0.39 is 5.82 Å². The van der Waals surface area contributed by atoms with Crippen LogP contribution in [0.3, 0.4) is 0 Å². The molecule has 2 rings (SSSR count). The van der Waals surface area contributed by atoms with Crippen molar-refractivity contribution in [1.82, 2.24) is 14.8 Å². The summed E-state index contributed by atoms with van der Waals surface area (Å²) in [5.74, 6) is 1.40. The third-order valence-corrected chi connectivity index (χ3v) is 2.69. The van der Waals surface area contributed by atoms with Gasteiger partial charge in [-0.05, 0) is 18.1 Å². The first kappa shape index (κ1) is 12.5. The van der Waals surface area contributed by atoms with Crippen molar-refractivity contribution in [3.8, 4) is 11.4 Å². The monoisotopic (exact) mass is 248 g/mol. The van der Waals surface area contributed by atoms with Gasteiger partial charge in [-0.1, -0.05) is 19.9 Å². The van der Waals surface area contributed by atoms with E-state index in [4.69, 9.17) is 5.73 Å². The Morgan fingerprint density at radius 3 is 2.78 bits per heavy atom. The Balaban J connectivity index is 2.44. The Labute approximate surface area is 106 Å². The summed E-state index contributed by atoms with van der Waals surface area (Å²) < 4.78 is 15.1. The maximum atomic E-state index is 13.4. The summed E-state index contributed by atoms with van der Waals surface area (Å²) in [5, 5.41) is 4.33. The quantitative estimate of drug-likeness (QED) is 0.848. The van der Waals surface area contributed by atoms with Crippen LogP contribution in [0.25, 0.3) is 11.4 Å². The topological polar surface area (TPSA) is 56.7 Å². The molecule has 0 aliphatic carbocycles. The van der Waals surface area contributed by atoms with Crippen LogP contribution in [0.5, 0.6) is 0 Å². The van der Waals surface area contributed by atoms with Crippen molar-refractivity contribution < 1.29 is 4.39 Å². The van der Waals surface area contributed by atoms with Gasteiger partial charge in [0.2, 0.25) is 0 Å². The molecule has 0 saturated carbocycles. The molecule has 0 fully saturated rings. The van der Waals surface area contributed by atoms with E-state index in [0.717, 1.165) is 12.2 Å². The van der Waals surface area contributed by atoms with Gasteiger partial charge >= 0.3 is 0 Å². The molecule has 0 saturated heterocycles. The molecule has 0 aliphatic heterocycles. The molecule has 4 nitrogen and oxygen atoms in total. The number of para-hydroxylation sites is 1.